The maximum Gasteiger partial charge on any atom is 0.277 e. The molecule has 0 fully saturated rings. The van der Waals surface area contributed by atoms with Crippen molar-refractivity contribution >= 4 is 29.1 Å². The van der Waals surface area contributed by atoms with Crippen molar-refractivity contribution in [3.05, 3.63) is 60.0 Å². The number of primary amides is 1. The molecule has 2 heterocycles. The molecule has 0 aliphatic carbocycles. The summed E-state index contributed by atoms with van der Waals surface area (Å²) in [5, 5.41) is 8.82. The normalized spacial score (nSPS) is 10.3. The van der Waals surface area contributed by atoms with E-state index in [1.165, 1.54) is 23.2 Å². The highest BCUT2D eigenvalue weighted by Crippen LogP contribution is 2.16. The number of hydrogen-bond acceptors (Lipinski definition) is 6. The minimum absolute atomic E-state index is 0.0564. The molecule has 10 heteroatoms. The fourth-order valence-corrected chi connectivity index (χ4v) is 2.23. The number of imidazole rings is 1. The van der Waals surface area contributed by atoms with E-state index in [-0.39, 0.29) is 17.1 Å². The smallest absolute Gasteiger partial charge is 0.277 e. The second-order valence-corrected chi connectivity index (χ2v) is 5.29. The number of hydrogen-bond donors (Lipinski definition) is 3. The van der Waals surface area contributed by atoms with Gasteiger partial charge >= 0.3 is 0 Å². The third kappa shape index (κ3) is 3.43. The first-order valence-corrected chi connectivity index (χ1v) is 7.40. The Kier molecular flexibility index (Phi) is 4.48. The number of rotatable bonds is 5. The van der Waals surface area contributed by atoms with Crippen molar-refractivity contribution in [2.75, 3.05) is 10.6 Å². The number of carbonyl (C=O) groups is 3. The van der Waals surface area contributed by atoms with Crippen LogP contribution in [0.2, 0.25) is 0 Å². The largest absolute Gasteiger partial charge is 0.364 e. The quantitative estimate of drug-likeness (QED) is 0.623. The van der Waals surface area contributed by atoms with Crippen molar-refractivity contribution in [1.29, 1.82) is 0 Å². The summed E-state index contributed by atoms with van der Waals surface area (Å²) >= 11 is 0. The summed E-state index contributed by atoms with van der Waals surface area (Å²) in [6, 6.07) is 7.83. The van der Waals surface area contributed by atoms with Gasteiger partial charge in [0.2, 0.25) is 0 Å². The SMILES string of the molecule is Cn1cnc(C(N)=O)c1C(=O)Nc1ccc(NC(=O)c2ccon2)cc1. The number of aromatic nitrogens is 3. The van der Waals surface area contributed by atoms with Gasteiger partial charge < -0.3 is 25.5 Å². The van der Waals surface area contributed by atoms with Crippen LogP contribution in [0.25, 0.3) is 0 Å². The number of anilines is 2. The van der Waals surface area contributed by atoms with E-state index in [1.807, 2.05) is 0 Å². The first-order chi connectivity index (χ1) is 12.5. The molecule has 3 amide bonds. The molecule has 4 N–H and O–H groups in total. The predicted octanol–water partition coefficient (Wildman–Crippen LogP) is 1.01. The average Bonchev–Trinajstić information content (AvgIpc) is 3.26. The summed E-state index contributed by atoms with van der Waals surface area (Å²) in [6.07, 6.45) is 2.63. The Balaban J connectivity index is 1.70. The van der Waals surface area contributed by atoms with Gasteiger partial charge in [-0.2, -0.15) is 0 Å². The fraction of sp³-hybridized carbons (Fsp3) is 0.0625. The molecular weight excluding hydrogens is 340 g/mol. The van der Waals surface area contributed by atoms with Crippen LogP contribution in [0.3, 0.4) is 0 Å². The van der Waals surface area contributed by atoms with E-state index in [0.717, 1.165) is 0 Å². The predicted molar refractivity (Wildman–Crippen MR) is 90.6 cm³/mol. The molecule has 0 saturated carbocycles. The minimum atomic E-state index is -0.790. The van der Waals surface area contributed by atoms with Crippen molar-refractivity contribution in [2.24, 2.45) is 12.8 Å². The van der Waals surface area contributed by atoms with Crippen LogP contribution >= 0.6 is 0 Å². The van der Waals surface area contributed by atoms with Crippen LogP contribution in [-0.4, -0.2) is 32.4 Å². The van der Waals surface area contributed by atoms with Crippen molar-refractivity contribution in [2.45, 2.75) is 0 Å². The molecule has 0 unspecified atom stereocenters. The Morgan fingerprint density at radius 2 is 1.65 bits per heavy atom. The van der Waals surface area contributed by atoms with Gasteiger partial charge in [0.25, 0.3) is 17.7 Å². The number of nitrogens with one attached hydrogen (secondary N) is 2. The van der Waals surface area contributed by atoms with E-state index in [2.05, 4.69) is 25.3 Å². The van der Waals surface area contributed by atoms with Crippen LogP contribution < -0.4 is 16.4 Å². The molecule has 26 heavy (non-hydrogen) atoms. The number of nitrogens with zero attached hydrogens (tertiary/aromatic N) is 3. The van der Waals surface area contributed by atoms with Crippen molar-refractivity contribution in [1.82, 2.24) is 14.7 Å². The Morgan fingerprint density at radius 3 is 2.19 bits per heavy atom. The molecule has 0 spiro atoms. The Bertz CT molecular complexity index is 959. The second-order valence-electron chi connectivity index (χ2n) is 5.29. The van der Waals surface area contributed by atoms with Crippen LogP contribution in [0.5, 0.6) is 0 Å². The van der Waals surface area contributed by atoms with E-state index in [1.54, 1.807) is 31.3 Å². The lowest BCUT2D eigenvalue weighted by Gasteiger charge is -2.08. The van der Waals surface area contributed by atoms with E-state index >= 15 is 0 Å². The number of nitrogens with two attached hydrogens (primary N) is 1. The Labute approximate surface area is 147 Å². The van der Waals surface area contributed by atoms with E-state index < -0.39 is 17.7 Å². The van der Waals surface area contributed by atoms with E-state index in [9.17, 15) is 14.4 Å². The molecular formula is C16H14N6O4. The van der Waals surface area contributed by atoms with Gasteiger partial charge in [0, 0.05) is 24.5 Å². The van der Waals surface area contributed by atoms with Crippen LogP contribution in [0, 0.1) is 0 Å². The third-order valence-corrected chi connectivity index (χ3v) is 3.46. The molecule has 2 aromatic heterocycles. The fourth-order valence-electron chi connectivity index (χ4n) is 2.23. The van der Waals surface area contributed by atoms with Gasteiger partial charge in [0.15, 0.2) is 11.4 Å². The molecule has 0 aliphatic heterocycles. The van der Waals surface area contributed by atoms with Crippen LogP contribution in [0.4, 0.5) is 11.4 Å². The minimum Gasteiger partial charge on any atom is -0.364 e. The lowest BCUT2D eigenvalue weighted by Crippen LogP contribution is -2.22. The molecule has 3 rings (SSSR count). The molecule has 3 aromatic rings. The van der Waals surface area contributed by atoms with Crippen molar-refractivity contribution in [3.63, 3.8) is 0 Å². The summed E-state index contributed by atoms with van der Waals surface area (Å²) in [6.45, 7) is 0. The molecule has 0 saturated heterocycles. The van der Waals surface area contributed by atoms with Gasteiger partial charge in [-0.05, 0) is 24.3 Å². The second kappa shape index (κ2) is 6.89. The summed E-state index contributed by atoms with van der Waals surface area (Å²) in [5.74, 6) is -1.74. The zero-order valence-electron chi connectivity index (χ0n) is 13.6. The lowest BCUT2D eigenvalue weighted by atomic mass is 10.2. The van der Waals surface area contributed by atoms with Crippen LogP contribution in [0.15, 0.2) is 47.4 Å². The lowest BCUT2D eigenvalue weighted by molar-refractivity contribution is 0.0970. The van der Waals surface area contributed by atoms with Gasteiger partial charge in [-0.3, -0.25) is 14.4 Å². The molecule has 0 atom stereocenters. The van der Waals surface area contributed by atoms with E-state index in [4.69, 9.17) is 5.73 Å². The summed E-state index contributed by atoms with van der Waals surface area (Å²) < 4.78 is 6.01. The van der Waals surface area contributed by atoms with Crippen LogP contribution in [0.1, 0.15) is 31.5 Å². The standard InChI is InChI=1S/C16H14N6O4/c1-22-8-18-12(14(17)23)13(22)16(25)20-10-4-2-9(3-5-10)19-15(24)11-6-7-26-21-11/h2-8H,1H3,(H2,17,23)(H,19,24)(H,20,25). The third-order valence-electron chi connectivity index (χ3n) is 3.46. The summed E-state index contributed by atoms with van der Waals surface area (Å²) in [7, 11) is 1.58. The molecule has 0 bridgehead atoms. The summed E-state index contributed by atoms with van der Waals surface area (Å²) in [5.41, 5.74) is 6.29. The first-order valence-electron chi connectivity index (χ1n) is 7.40. The highest BCUT2D eigenvalue weighted by Gasteiger charge is 2.21. The number of benzene rings is 1. The van der Waals surface area contributed by atoms with Gasteiger partial charge in [-0.15, -0.1) is 0 Å². The average molecular weight is 354 g/mol. The van der Waals surface area contributed by atoms with Gasteiger partial charge in [0.05, 0.1) is 6.33 Å². The molecule has 0 radical (unpaired) electrons. The van der Waals surface area contributed by atoms with Gasteiger partial charge in [-0.25, -0.2) is 4.98 Å². The zero-order chi connectivity index (χ0) is 18.7. The molecule has 0 aliphatic rings. The number of aryl methyl sites for hydroxylation is 1. The van der Waals surface area contributed by atoms with Gasteiger partial charge in [0.1, 0.15) is 12.0 Å². The van der Waals surface area contributed by atoms with Crippen LogP contribution in [-0.2, 0) is 7.05 Å². The Morgan fingerprint density at radius 1 is 1.04 bits per heavy atom. The topological polar surface area (TPSA) is 145 Å². The van der Waals surface area contributed by atoms with Gasteiger partial charge in [-0.1, -0.05) is 5.16 Å². The molecule has 1 aromatic carbocycles. The summed E-state index contributed by atoms with van der Waals surface area (Å²) in [4.78, 5) is 39.4. The molecule has 132 valence electrons. The monoisotopic (exact) mass is 354 g/mol. The highest BCUT2D eigenvalue weighted by atomic mass is 16.5. The number of amides is 3. The number of carbonyl (C=O) groups excluding carboxylic acids is 3. The van der Waals surface area contributed by atoms with Crippen molar-refractivity contribution < 1.29 is 18.9 Å². The van der Waals surface area contributed by atoms with E-state index in [0.29, 0.717) is 11.4 Å². The maximum atomic E-state index is 12.4. The maximum absolute atomic E-state index is 12.4. The first kappa shape index (κ1) is 16.9. The van der Waals surface area contributed by atoms with Crippen molar-refractivity contribution in [3.8, 4) is 0 Å². The Hall–Kier alpha value is -3.95. The zero-order valence-corrected chi connectivity index (χ0v) is 13.6. The highest BCUT2D eigenvalue weighted by molar-refractivity contribution is 6.10. The molecule has 10 nitrogen and oxygen atoms in total.